The monoisotopic (exact) mass is 247 g/mol. The highest BCUT2D eigenvalue weighted by molar-refractivity contribution is 5.86. The Hall–Kier alpha value is -2.77. The molecule has 1 aromatic heterocycles. The van der Waals surface area contributed by atoms with E-state index in [1.54, 1.807) is 13.0 Å². The van der Waals surface area contributed by atoms with Crippen LogP contribution in [0.15, 0.2) is 29.9 Å². The Morgan fingerprint density at radius 2 is 2.11 bits per heavy atom. The van der Waals surface area contributed by atoms with Gasteiger partial charge in [0, 0.05) is 11.6 Å². The molecule has 2 rings (SSSR count). The summed E-state index contributed by atoms with van der Waals surface area (Å²) in [4.78, 5) is 10.1. The molecular weight excluding hydrogens is 238 g/mol. The number of hydrogen-bond acceptors (Lipinski definition) is 6. The molecule has 0 saturated carbocycles. The van der Waals surface area contributed by atoms with Gasteiger partial charge < -0.3 is 5.11 Å². The van der Waals surface area contributed by atoms with Crippen LogP contribution in [0.3, 0.4) is 0 Å². The van der Waals surface area contributed by atoms with E-state index in [-0.39, 0.29) is 11.3 Å². The van der Waals surface area contributed by atoms with Crippen molar-refractivity contribution in [2.45, 2.75) is 6.92 Å². The lowest BCUT2D eigenvalue weighted by molar-refractivity contribution is -0.385. The van der Waals surface area contributed by atoms with Gasteiger partial charge in [-0.25, -0.2) is 4.68 Å². The van der Waals surface area contributed by atoms with Crippen molar-refractivity contribution >= 4 is 11.9 Å². The van der Waals surface area contributed by atoms with Crippen molar-refractivity contribution in [1.29, 1.82) is 0 Å². The van der Waals surface area contributed by atoms with E-state index in [0.29, 0.717) is 5.56 Å². The van der Waals surface area contributed by atoms with Gasteiger partial charge in [0.15, 0.2) is 0 Å². The number of phenols is 1. The van der Waals surface area contributed by atoms with Crippen LogP contribution in [-0.2, 0) is 0 Å². The van der Waals surface area contributed by atoms with Gasteiger partial charge in [-0.1, -0.05) is 0 Å². The molecule has 1 aromatic carbocycles. The molecular formula is C10H9N5O3. The molecule has 2 aromatic rings. The highest BCUT2D eigenvalue weighted by atomic mass is 16.6. The van der Waals surface area contributed by atoms with E-state index < -0.39 is 10.7 Å². The van der Waals surface area contributed by atoms with Crippen LogP contribution in [0.2, 0.25) is 0 Å². The molecule has 0 aliphatic carbocycles. The Morgan fingerprint density at radius 1 is 1.44 bits per heavy atom. The Morgan fingerprint density at radius 3 is 2.72 bits per heavy atom. The van der Waals surface area contributed by atoms with Crippen LogP contribution >= 0.6 is 0 Å². The molecule has 0 fully saturated rings. The number of aromatic hydroxyl groups is 1. The second-order valence-electron chi connectivity index (χ2n) is 3.57. The third-order valence-corrected chi connectivity index (χ3v) is 2.20. The van der Waals surface area contributed by atoms with Crippen LogP contribution in [0, 0.1) is 17.0 Å². The minimum absolute atomic E-state index is 0.260. The smallest absolute Gasteiger partial charge is 0.311 e. The first-order valence-corrected chi connectivity index (χ1v) is 4.95. The number of nitrogens with zero attached hydrogens (tertiary/aromatic N) is 5. The summed E-state index contributed by atoms with van der Waals surface area (Å²) < 4.78 is 1.31. The molecule has 0 aliphatic rings. The average molecular weight is 247 g/mol. The average Bonchev–Trinajstić information content (AvgIpc) is 2.82. The number of nitro benzene ring substituents is 1. The number of phenolic OH excluding ortho intramolecular Hbond substituents is 1. The predicted molar refractivity (Wildman–Crippen MR) is 62.5 cm³/mol. The zero-order chi connectivity index (χ0) is 13.1. The van der Waals surface area contributed by atoms with Crippen LogP contribution in [0.4, 0.5) is 5.69 Å². The first-order chi connectivity index (χ1) is 8.58. The Bertz CT molecular complexity index is 606. The lowest BCUT2D eigenvalue weighted by atomic mass is 10.1. The lowest BCUT2D eigenvalue weighted by Gasteiger charge is -2.02. The molecule has 0 bridgehead atoms. The highest BCUT2D eigenvalue weighted by Gasteiger charge is 2.16. The predicted octanol–water partition coefficient (Wildman–Crippen LogP) is 1.08. The summed E-state index contributed by atoms with van der Waals surface area (Å²) in [5.41, 5.74) is 0.570. The lowest BCUT2D eigenvalue weighted by Crippen LogP contribution is -1.95. The van der Waals surface area contributed by atoms with Crippen molar-refractivity contribution in [1.82, 2.24) is 14.9 Å². The first kappa shape index (κ1) is 11.7. The van der Waals surface area contributed by atoms with E-state index in [2.05, 4.69) is 15.3 Å². The zero-order valence-corrected chi connectivity index (χ0v) is 9.39. The summed E-state index contributed by atoms with van der Waals surface area (Å²) in [6, 6.07) is 2.89. The zero-order valence-electron chi connectivity index (χ0n) is 9.39. The Labute approximate surface area is 101 Å². The SMILES string of the molecule is Cc1cc(/C=N/n2cnnc2)c(O)c([N+](=O)[O-])c1. The van der Waals surface area contributed by atoms with E-state index >= 15 is 0 Å². The number of rotatable bonds is 3. The molecule has 18 heavy (non-hydrogen) atoms. The van der Waals surface area contributed by atoms with Crippen molar-refractivity contribution in [3.63, 3.8) is 0 Å². The minimum atomic E-state index is -0.640. The number of hydrogen-bond donors (Lipinski definition) is 1. The van der Waals surface area contributed by atoms with E-state index in [4.69, 9.17) is 0 Å². The molecule has 0 unspecified atom stereocenters. The van der Waals surface area contributed by atoms with Gasteiger partial charge in [-0.05, 0) is 18.6 Å². The van der Waals surface area contributed by atoms with Gasteiger partial charge in [0.25, 0.3) is 0 Å². The molecule has 8 heteroatoms. The maximum absolute atomic E-state index is 10.7. The summed E-state index contributed by atoms with van der Waals surface area (Å²) in [6.07, 6.45) is 4.02. The fourth-order valence-corrected chi connectivity index (χ4v) is 1.41. The Kier molecular flexibility index (Phi) is 3.00. The van der Waals surface area contributed by atoms with E-state index in [0.717, 1.165) is 0 Å². The van der Waals surface area contributed by atoms with Crippen LogP contribution in [0.5, 0.6) is 5.75 Å². The topological polar surface area (TPSA) is 106 Å². The van der Waals surface area contributed by atoms with Gasteiger partial charge in [0.2, 0.25) is 5.75 Å². The van der Waals surface area contributed by atoms with E-state index in [9.17, 15) is 15.2 Å². The van der Waals surface area contributed by atoms with Gasteiger partial charge in [-0.2, -0.15) is 5.10 Å². The molecule has 0 spiro atoms. The quantitative estimate of drug-likeness (QED) is 0.496. The molecule has 1 N–H and O–H groups in total. The van der Waals surface area contributed by atoms with E-state index in [1.807, 2.05) is 0 Å². The summed E-state index contributed by atoms with van der Waals surface area (Å²) in [6.45, 7) is 1.70. The van der Waals surface area contributed by atoms with Crippen LogP contribution in [0.25, 0.3) is 0 Å². The molecule has 0 atom stereocenters. The first-order valence-electron chi connectivity index (χ1n) is 4.95. The third kappa shape index (κ3) is 2.32. The molecule has 0 saturated heterocycles. The number of benzene rings is 1. The maximum atomic E-state index is 10.7. The summed E-state index contributed by atoms with van der Waals surface area (Å²) in [5, 5.41) is 31.5. The summed E-state index contributed by atoms with van der Waals surface area (Å²) >= 11 is 0. The molecule has 8 nitrogen and oxygen atoms in total. The van der Waals surface area contributed by atoms with Crippen molar-refractivity contribution in [2.24, 2.45) is 5.10 Å². The fraction of sp³-hybridized carbons (Fsp3) is 0.100. The molecule has 0 amide bonds. The largest absolute Gasteiger partial charge is 0.502 e. The number of aryl methyl sites for hydroxylation is 1. The molecule has 0 radical (unpaired) electrons. The van der Waals surface area contributed by atoms with Crippen LogP contribution < -0.4 is 0 Å². The molecule has 1 heterocycles. The number of nitro groups is 1. The van der Waals surface area contributed by atoms with Gasteiger partial charge in [0.1, 0.15) is 12.7 Å². The number of aromatic nitrogens is 3. The van der Waals surface area contributed by atoms with Crippen LogP contribution in [0.1, 0.15) is 11.1 Å². The fourth-order valence-electron chi connectivity index (χ4n) is 1.41. The maximum Gasteiger partial charge on any atom is 0.311 e. The van der Waals surface area contributed by atoms with Crippen molar-refractivity contribution in [3.8, 4) is 5.75 Å². The van der Waals surface area contributed by atoms with Crippen molar-refractivity contribution < 1.29 is 10.0 Å². The standard InChI is InChI=1S/C10H9N5O3/c1-7-2-8(4-13-14-5-11-12-6-14)10(16)9(3-7)15(17)18/h2-6,16H,1H3/b13-4+. The van der Waals surface area contributed by atoms with Gasteiger partial charge in [0.05, 0.1) is 11.1 Å². The summed E-state index contributed by atoms with van der Waals surface area (Å²) in [7, 11) is 0. The molecule has 0 aliphatic heterocycles. The Balaban J connectivity index is 2.42. The normalized spacial score (nSPS) is 10.9. The second kappa shape index (κ2) is 4.62. The van der Waals surface area contributed by atoms with E-state index in [1.165, 1.54) is 29.6 Å². The van der Waals surface area contributed by atoms with Crippen molar-refractivity contribution in [3.05, 3.63) is 46.0 Å². The van der Waals surface area contributed by atoms with Crippen LogP contribution in [-0.4, -0.2) is 31.1 Å². The second-order valence-corrected chi connectivity index (χ2v) is 3.57. The van der Waals surface area contributed by atoms with Gasteiger partial charge in [-0.3, -0.25) is 10.1 Å². The minimum Gasteiger partial charge on any atom is -0.502 e. The molecule has 92 valence electrons. The van der Waals surface area contributed by atoms with Crippen molar-refractivity contribution in [2.75, 3.05) is 0 Å². The highest BCUT2D eigenvalue weighted by Crippen LogP contribution is 2.29. The summed E-state index contributed by atoms with van der Waals surface area (Å²) in [5.74, 6) is -0.414. The van der Waals surface area contributed by atoms with Gasteiger partial charge in [-0.15, -0.1) is 10.2 Å². The third-order valence-electron chi connectivity index (χ3n) is 2.20. The van der Waals surface area contributed by atoms with Gasteiger partial charge >= 0.3 is 5.69 Å².